The number of nitrogens with zero attached hydrogens (tertiary/aromatic N) is 1. The maximum absolute atomic E-state index is 12.9. The second-order valence-electron chi connectivity index (χ2n) is 8.33. The highest BCUT2D eigenvalue weighted by Gasteiger charge is 2.19. The van der Waals surface area contributed by atoms with E-state index in [4.69, 9.17) is 26.4 Å². The van der Waals surface area contributed by atoms with Crippen molar-refractivity contribution < 1.29 is 14.2 Å². The lowest BCUT2D eigenvalue weighted by atomic mass is 10.1. The highest BCUT2D eigenvalue weighted by atomic mass is 32.1. The molecule has 0 radical (unpaired) electrons. The highest BCUT2D eigenvalue weighted by Crippen LogP contribution is 2.21. The molecule has 8 heteroatoms. The molecule has 34 heavy (non-hydrogen) atoms. The number of nitrogens with one attached hydrogen (secondary N) is 2. The second kappa shape index (κ2) is 11.4. The molecule has 2 N–H and O–H groups in total. The van der Waals surface area contributed by atoms with E-state index in [2.05, 4.69) is 10.3 Å². The number of benzene rings is 2. The summed E-state index contributed by atoms with van der Waals surface area (Å²) >= 11 is 5.75. The van der Waals surface area contributed by atoms with Crippen LogP contribution in [0.3, 0.4) is 0 Å². The molecule has 0 saturated carbocycles. The molecule has 1 aromatic heterocycles. The topological polar surface area (TPSA) is 75.8 Å². The Kier molecular flexibility index (Phi) is 8.03. The van der Waals surface area contributed by atoms with Gasteiger partial charge in [-0.15, -0.1) is 0 Å². The maximum atomic E-state index is 12.9. The monoisotopic (exact) mass is 481 g/mol. The Labute approximate surface area is 205 Å². The van der Waals surface area contributed by atoms with Gasteiger partial charge < -0.3 is 29.4 Å². The molecule has 0 amide bonds. The molecule has 1 atom stereocenters. The fraction of sp³-hybridized carbons (Fsp3) is 0.385. The van der Waals surface area contributed by atoms with Gasteiger partial charge in [-0.1, -0.05) is 12.1 Å². The first-order valence-electron chi connectivity index (χ1n) is 11.6. The summed E-state index contributed by atoms with van der Waals surface area (Å²) < 4.78 is 16.6. The van der Waals surface area contributed by atoms with Gasteiger partial charge in [0.05, 0.1) is 26.4 Å². The standard InChI is InChI=1S/C26H31N3O4S/c1-3-32-22-10-11-24-19(14-22)13-20(25(30)28-24)17-29(16-18-6-8-21(31-2)9-7-18)26(34)27-15-23-5-4-12-33-23/h6-11,13-14,23H,3-5,12,15-17H2,1-2H3,(H,27,34)(H,28,30)/t23-/m1/s1. The molecule has 1 aliphatic heterocycles. The van der Waals surface area contributed by atoms with E-state index in [0.29, 0.717) is 36.9 Å². The van der Waals surface area contributed by atoms with Crippen LogP contribution >= 0.6 is 12.2 Å². The number of hydrogen-bond acceptors (Lipinski definition) is 5. The van der Waals surface area contributed by atoms with Crippen LogP contribution in [0, 0.1) is 0 Å². The Bertz CT molecular complexity index is 1170. The van der Waals surface area contributed by atoms with Crippen molar-refractivity contribution in [1.29, 1.82) is 0 Å². The van der Waals surface area contributed by atoms with Crippen molar-refractivity contribution in [3.8, 4) is 11.5 Å². The number of H-pyrrole nitrogens is 1. The fourth-order valence-corrected chi connectivity index (χ4v) is 4.29. The van der Waals surface area contributed by atoms with Gasteiger partial charge in [0.15, 0.2) is 5.11 Å². The molecule has 2 heterocycles. The lowest BCUT2D eigenvalue weighted by molar-refractivity contribution is 0.113. The number of hydrogen-bond donors (Lipinski definition) is 2. The van der Waals surface area contributed by atoms with Crippen LogP contribution in [0.4, 0.5) is 0 Å². The lowest BCUT2D eigenvalue weighted by Gasteiger charge is -2.27. The van der Waals surface area contributed by atoms with E-state index < -0.39 is 0 Å². The van der Waals surface area contributed by atoms with E-state index in [0.717, 1.165) is 47.4 Å². The first-order chi connectivity index (χ1) is 16.6. The van der Waals surface area contributed by atoms with Crippen molar-refractivity contribution in [2.45, 2.75) is 39.0 Å². The van der Waals surface area contributed by atoms with Gasteiger partial charge in [-0.3, -0.25) is 4.79 Å². The molecule has 4 rings (SSSR count). The summed E-state index contributed by atoms with van der Waals surface area (Å²) in [5.74, 6) is 1.57. The number of thiocarbonyl (C=S) groups is 1. The van der Waals surface area contributed by atoms with E-state index in [1.165, 1.54) is 0 Å². The summed E-state index contributed by atoms with van der Waals surface area (Å²) in [4.78, 5) is 17.9. The average molecular weight is 482 g/mol. The van der Waals surface area contributed by atoms with Crippen LogP contribution in [0.2, 0.25) is 0 Å². The number of rotatable bonds is 9. The largest absolute Gasteiger partial charge is 0.497 e. The minimum atomic E-state index is -0.127. The van der Waals surface area contributed by atoms with Crippen LogP contribution in [-0.4, -0.2) is 48.0 Å². The fourth-order valence-electron chi connectivity index (χ4n) is 4.08. The zero-order valence-corrected chi connectivity index (χ0v) is 20.5. The van der Waals surface area contributed by atoms with E-state index in [1.807, 2.05) is 60.4 Å². The van der Waals surface area contributed by atoms with Crippen molar-refractivity contribution in [2.75, 3.05) is 26.9 Å². The van der Waals surface area contributed by atoms with Gasteiger partial charge in [0.1, 0.15) is 11.5 Å². The van der Waals surface area contributed by atoms with E-state index in [9.17, 15) is 4.79 Å². The molecule has 180 valence electrons. The first kappa shape index (κ1) is 24.0. The van der Waals surface area contributed by atoms with Gasteiger partial charge in [0.25, 0.3) is 5.56 Å². The molecule has 1 aliphatic rings. The van der Waals surface area contributed by atoms with Gasteiger partial charge in [0, 0.05) is 36.2 Å². The van der Waals surface area contributed by atoms with Crippen LogP contribution < -0.4 is 20.3 Å². The van der Waals surface area contributed by atoms with Gasteiger partial charge in [0.2, 0.25) is 0 Å². The number of methoxy groups -OCH3 is 1. The number of fused-ring (bicyclic) bond motifs is 1. The van der Waals surface area contributed by atoms with Gasteiger partial charge in [-0.05, 0) is 73.9 Å². The molecule has 1 saturated heterocycles. The third-order valence-corrected chi connectivity index (χ3v) is 6.29. The summed E-state index contributed by atoms with van der Waals surface area (Å²) in [6.07, 6.45) is 2.27. The summed E-state index contributed by atoms with van der Waals surface area (Å²) in [5.41, 5.74) is 2.35. The molecular formula is C26H31N3O4S. The molecule has 2 aromatic carbocycles. The highest BCUT2D eigenvalue weighted by molar-refractivity contribution is 7.80. The molecule has 1 fully saturated rings. The number of aromatic nitrogens is 1. The van der Waals surface area contributed by atoms with E-state index in [1.54, 1.807) is 7.11 Å². The molecule has 0 unspecified atom stereocenters. The molecule has 0 aliphatic carbocycles. The smallest absolute Gasteiger partial charge is 0.253 e. The predicted molar refractivity (Wildman–Crippen MR) is 138 cm³/mol. The summed E-state index contributed by atoms with van der Waals surface area (Å²) in [5, 5.41) is 4.86. The predicted octanol–water partition coefficient (Wildman–Crippen LogP) is 3.99. The normalized spacial score (nSPS) is 15.3. The Morgan fingerprint density at radius 2 is 1.97 bits per heavy atom. The van der Waals surface area contributed by atoms with Crippen molar-refractivity contribution in [3.63, 3.8) is 0 Å². The van der Waals surface area contributed by atoms with Crippen molar-refractivity contribution in [3.05, 3.63) is 70.0 Å². The average Bonchev–Trinajstić information content (AvgIpc) is 3.37. The minimum Gasteiger partial charge on any atom is -0.497 e. The molecule has 0 bridgehead atoms. The third-order valence-electron chi connectivity index (χ3n) is 5.89. The van der Waals surface area contributed by atoms with Crippen molar-refractivity contribution >= 4 is 28.2 Å². The van der Waals surface area contributed by atoms with Crippen LogP contribution in [-0.2, 0) is 17.8 Å². The van der Waals surface area contributed by atoms with E-state index >= 15 is 0 Å². The third kappa shape index (κ3) is 6.07. The Hall–Kier alpha value is -3.10. The summed E-state index contributed by atoms with van der Waals surface area (Å²) in [6.45, 7) is 4.91. The zero-order valence-electron chi connectivity index (χ0n) is 19.6. The van der Waals surface area contributed by atoms with Crippen molar-refractivity contribution in [2.24, 2.45) is 0 Å². The summed E-state index contributed by atoms with van der Waals surface area (Å²) in [7, 11) is 1.65. The van der Waals surface area contributed by atoms with Gasteiger partial charge in [-0.2, -0.15) is 0 Å². The van der Waals surface area contributed by atoms with Crippen LogP contribution in [0.15, 0.2) is 53.3 Å². The molecule has 0 spiro atoms. The van der Waals surface area contributed by atoms with Crippen LogP contribution in [0.1, 0.15) is 30.9 Å². The van der Waals surface area contributed by atoms with E-state index in [-0.39, 0.29) is 11.7 Å². The quantitative estimate of drug-likeness (QED) is 0.448. The van der Waals surface area contributed by atoms with Gasteiger partial charge >= 0.3 is 0 Å². The SMILES string of the molecule is CCOc1ccc2[nH]c(=O)c(CN(Cc3ccc(OC)cc3)C(=S)NC[C@H]3CCCO3)cc2c1. The zero-order chi connectivity index (χ0) is 23.9. The first-order valence-corrected chi connectivity index (χ1v) is 12.0. The van der Waals surface area contributed by atoms with Crippen LogP contribution in [0.5, 0.6) is 11.5 Å². The number of pyridine rings is 1. The second-order valence-corrected chi connectivity index (χ2v) is 8.72. The minimum absolute atomic E-state index is 0.127. The van der Waals surface area contributed by atoms with Crippen molar-refractivity contribution in [1.82, 2.24) is 15.2 Å². The molecular weight excluding hydrogens is 450 g/mol. The van der Waals surface area contributed by atoms with Gasteiger partial charge in [-0.25, -0.2) is 0 Å². The number of aromatic amines is 1. The Morgan fingerprint density at radius 1 is 1.18 bits per heavy atom. The Balaban J connectivity index is 1.57. The Morgan fingerprint density at radius 3 is 2.68 bits per heavy atom. The van der Waals surface area contributed by atoms with Crippen LogP contribution in [0.25, 0.3) is 10.9 Å². The molecule has 3 aromatic rings. The molecule has 7 nitrogen and oxygen atoms in total. The summed E-state index contributed by atoms with van der Waals surface area (Å²) in [6, 6.07) is 15.5. The lowest BCUT2D eigenvalue weighted by Crippen LogP contribution is -2.42. The number of ether oxygens (including phenoxy) is 3. The maximum Gasteiger partial charge on any atom is 0.253 e.